The summed E-state index contributed by atoms with van der Waals surface area (Å²) in [5.74, 6) is 0.874. The molecule has 0 fully saturated rings. The van der Waals surface area contributed by atoms with E-state index < -0.39 is 0 Å². The summed E-state index contributed by atoms with van der Waals surface area (Å²) in [5.41, 5.74) is 5.91. The first kappa shape index (κ1) is 15.4. The summed E-state index contributed by atoms with van der Waals surface area (Å²) in [6, 6.07) is 22.2. The van der Waals surface area contributed by atoms with E-state index in [0.717, 1.165) is 39.0 Å². The van der Waals surface area contributed by atoms with Gasteiger partial charge in [0.25, 0.3) is 0 Å². The van der Waals surface area contributed by atoms with Gasteiger partial charge in [-0.3, -0.25) is 9.38 Å². The van der Waals surface area contributed by atoms with E-state index in [2.05, 4.69) is 27.4 Å². The van der Waals surface area contributed by atoms with Gasteiger partial charge in [0.05, 0.1) is 22.1 Å². The molecule has 5 rings (SSSR count). The van der Waals surface area contributed by atoms with E-state index in [1.165, 1.54) is 0 Å². The van der Waals surface area contributed by atoms with Crippen molar-refractivity contribution in [3.8, 4) is 6.07 Å². The lowest BCUT2D eigenvalue weighted by atomic mass is 10.1. The second-order valence-corrected chi connectivity index (χ2v) is 6.49. The summed E-state index contributed by atoms with van der Waals surface area (Å²) in [7, 11) is 0. The third-order valence-corrected chi connectivity index (χ3v) is 4.76. The average molecular weight is 349 g/mol. The minimum atomic E-state index is 0.597. The van der Waals surface area contributed by atoms with E-state index in [1.54, 1.807) is 6.20 Å². The Kier molecular flexibility index (Phi) is 3.31. The molecule has 0 aliphatic rings. The molecule has 0 amide bonds. The zero-order chi connectivity index (χ0) is 18.4. The van der Waals surface area contributed by atoms with Crippen molar-refractivity contribution in [2.24, 2.45) is 0 Å². The number of imidazole rings is 1. The number of anilines is 2. The van der Waals surface area contributed by atoms with Gasteiger partial charge in [-0.1, -0.05) is 18.2 Å². The van der Waals surface area contributed by atoms with Crippen LogP contribution in [-0.2, 0) is 0 Å². The molecule has 3 heterocycles. The standard InChI is InChI=1S/C22H15N5/c1-14-11-21(25-16-8-9-18-15(12-16)5-4-10-24-18)27-20-7-3-2-6-19(20)26-22(27)17(14)13-23/h2-12,25H,1H3. The molecule has 0 spiro atoms. The van der Waals surface area contributed by atoms with Crippen LogP contribution in [0.15, 0.2) is 66.9 Å². The lowest BCUT2D eigenvalue weighted by Crippen LogP contribution is -2.02. The van der Waals surface area contributed by atoms with E-state index in [-0.39, 0.29) is 0 Å². The number of benzene rings is 2. The zero-order valence-corrected chi connectivity index (χ0v) is 14.6. The van der Waals surface area contributed by atoms with Crippen molar-refractivity contribution in [1.82, 2.24) is 14.4 Å². The lowest BCUT2D eigenvalue weighted by molar-refractivity contribution is 1.19. The van der Waals surface area contributed by atoms with E-state index in [1.807, 2.05) is 65.9 Å². The summed E-state index contributed by atoms with van der Waals surface area (Å²) in [4.78, 5) is 9.06. The molecule has 5 heteroatoms. The highest BCUT2D eigenvalue weighted by molar-refractivity contribution is 5.87. The van der Waals surface area contributed by atoms with Crippen LogP contribution in [0.5, 0.6) is 0 Å². The maximum atomic E-state index is 9.61. The molecular formula is C22H15N5. The van der Waals surface area contributed by atoms with Crippen LogP contribution in [-0.4, -0.2) is 14.4 Å². The van der Waals surface area contributed by atoms with Crippen molar-refractivity contribution in [2.75, 3.05) is 5.32 Å². The molecule has 0 bridgehead atoms. The number of pyridine rings is 2. The van der Waals surface area contributed by atoms with Crippen molar-refractivity contribution in [1.29, 1.82) is 5.26 Å². The average Bonchev–Trinajstić information content (AvgIpc) is 3.07. The lowest BCUT2D eigenvalue weighted by Gasteiger charge is -2.13. The Balaban J connectivity index is 1.75. The molecular weight excluding hydrogens is 334 g/mol. The van der Waals surface area contributed by atoms with Gasteiger partial charge in [0, 0.05) is 17.3 Å². The molecule has 27 heavy (non-hydrogen) atoms. The van der Waals surface area contributed by atoms with Gasteiger partial charge in [-0.25, -0.2) is 4.98 Å². The Bertz CT molecular complexity index is 1370. The number of hydrogen-bond acceptors (Lipinski definition) is 4. The minimum Gasteiger partial charge on any atom is -0.341 e. The molecule has 0 unspecified atom stereocenters. The first-order valence-corrected chi connectivity index (χ1v) is 8.67. The van der Waals surface area contributed by atoms with Crippen LogP contribution in [0.4, 0.5) is 11.5 Å². The number of nitrogens with one attached hydrogen (secondary N) is 1. The molecule has 0 saturated heterocycles. The number of nitriles is 1. The summed E-state index contributed by atoms with van der Waals surface area (Å²) in [5, 5.41) is 14.2. The second-order valence-electron chi connectivity index (χ2n) is 6.49. The SMILES string of the molecule is Cc1cc(Nc2ccc3ncccc3c2)n2c(nc3ccccc32)c1C#N. The highest BCUT2D eigenvalue weighted by atomic mass is 15.1. The van der Waals surface area contributed by atoms with Gasteiger partial charge in [-0.15, -0.1) is 0 Å². The molecule has 0 saturated carbocycles. The topological polar surface area (TPSA) is 66.0 Å². The van der Waals surface area contributed by atoms with Crippen molar-refractivity contribution in [2.45, 2.75) is 6.92 Å². The fourth-order valence-corrected chi connectivity index (χ4v) is 3.49. The molecule has 5 nitrogen and oxygen atoms in total. The predicted molar refractivity (Wildman–Crippen MR) is 107 cm³/mol. The smallest absolute Gasteiger partial charge is 0.157 e. The number of rotatable bonds is 2. The van der Waals surface area contributed by atoms with Gasteiger partial charge in [-0.05, 0) is 55.0 Å². The van der Waals surface area contributed by atoms with Gasteiger partial charge < -0.3 is 5.32 Å². The van der Waals surface area contributed by atoms with Crippen LogP contribution < -0.4 is 5.32 Å². The van der Waals surface area contributed by atoms with Crippen LogP contribution in [0.1, 0.15) is 11.1 Å². The van der Waals surface area contributed by atoms with Gasteiger partial charge in [-0.2, -0.15) is 5.26 Å². The third-order valence-electron chi connectivity index (χ3n) is 4.76. The first-order valence-electron chi connectivity index (χ1n) is 8.67. The number of hydrogen-bond donors (Lipinski definition) is 1. The Morgan fingerprint density at radius 1 is 1.00 bits per heavy atom. The van der Waals surface area contributed by atoms with E-state index in [9.17, 15) is 5.26 Å². The van der Waals surface area contributed by atoms with Crippen molar-refractivity contribution >= 4 is 39.1 Å². The summed E-state index contributed by atoms with van der Waals surface area (Å²) < 4.78 is 2.01. The molecule has 128 valence electrons. The summed E-state index contributed by atoms with van der Waals surface area (Å²) in [6.45, 7) is 1.94. The highest BCUT2D eigenvalue weighted by Gasteiger charge is 2.15. The number of aromatic nitrogens is 3. The number of para-hydroxylation sites is 2. The monoisotopic (exact) mass is 349 g/mol. The van der Waals surface area contributed by atoms with Crippen LogP contribution in [0, 0.1) is 18.3 Å². The Morgan fingerprint density at radius 3 is 2.78 bits per heavy atom. The van der Waals surface area contributed by atoms with Gasteiger partial charge >= 0.3 is 0 Å². The number of aryl methyl sites for hydroxylation is 1. The van der Waals surface area contributed by atoms with Crippen LogP contribution >= 0.6 is 0 Å². The fraction of sp³-hybridized carbons (Fsp3) is 0.0455. The van der Waals surface area contributed by atoms with E-state index in [0.29, 0.717) is 11.2 Å². The molecule has 3 aromatic heterocycles. The van der Waals surface area contributed by atoms with Crippen LogP contribution in [0.2, 0.25) is 0 Å². The molecule has 0 radical (unpaired) electrons. The molecule has 0 atom stereocenters. The zero-order valence-electron chi connectivity index (χ0n) is 14.6. The Labute approximate surface area is 155 Å². The quantitative estimate of drug-likeness (QED) is 0.489. The van der Waals surface area contributed by atoms with E-state index in [4.69, 9.17) is 0 Å². The molecule has 5 aromatic rings. The van der Waals surface area contributed by atoms with Crippen LogP contribution in [0.25, 0.3) is 27.6 Å². The largest absolute Gasteiger partial charge is 0.341 e. The maximum Gasteiger partial charge on any atom is 0.157 e. The van der Waals surface area contributed by atoms with Crippen LogP contribution in [0.3, 0.4) is 0 Å². The minimum absolute atomic E-state index is 0.597. The van der Waals surface area contributed by atoms with Crippen molar-refractivity contribution in [3.63, 3.8) is 0 Å². The van der Waals surface area contributed by atoms with Gasteiger partial charge in [0.2, 0.25) is 0 Å². The van der Waals surface area contributed by atoms with Crippen molar-refractivity contribution in [3.05, 3.63) is 78.0 Å². The Morgan fingerprint density at radius 2 is 1.89 bits per heavy atom. The number of nitrogens with zero attached hydrogens (tertiary/aromatic N) is 4. The summed E-state index contributed by atoms with van der Waals surface area (Å²) in [6.07, 6.45) is 1.79. The number of fused-ring (bicyclic) bond motifs is 4. The predicted octanol–water partition coefficient (Wildman–Crippen LogP) is 4.96. The molecule has 0 aliphatic heterocycles. The van der Waals surface area contributed by atoms with E-state index >= 15 is 0 Å². The molecule has 1 N–H and O–H groups in total. The molecule has 0 aliphatic carbocycles. The normalized spacial score (nSPS) is 11.1. The maximum absolute atomic E-state index is 9.61. The van der Waals surface area contributed by atoms with Crippen molar-refractivity contribution < 1.29 is 0 Å². The van der Waals surface area contributed by atoms with Gasteiger partial charge in [0.1, 0.15) is 11.9 Å². The Hall–Kier alpha value is -3.91. The van der Waals surface area contributed by atoms with Gasteiger partial charge in [0.15, 0.2) is 5.65 Å². The first-order chi connectivity index (χ1) is 13.2. The highest BCUT2D eigenvalue weighted by Crippen LogP contribution is 2.29. The second kappa shape index (κ2) is 5.82. The summed E-state index contributed by atoms with van der Waals surface area (Å²) >= 11 is 0. The fourth-order valence-electron chi connectivity index (χ4n) is 3.49. The third kappa shape index (κ3) is 2.39. The molecule has 2 aromatic carbocycles.